The van der Waals surface area contributed by atoms with Gasteiger partial charge in [0.25, 0.3) is 0 Å². The van der Waals surface area contributed by atoms with Crippen LogP contribution in [0, 0.1) is 10.1 Å². The van der Waals surface area contributed by atoms with Gasteiger partial charge >= 0.3 is 11.5 Å². The van der Waals surface area contributed by atoms with Crippen LogP contribution in [0.3, 0.4) is 0 Å². The van der Waals surface area contributed by atoms with Crippen LogP contribution in [0.25, 0.3) is 10.2 Å². The minimum Gasteiger partial charge on any atom is -0.258 e. The van der Waals surface area contributed by atoms with Crippen molar-refractivity contribution in [1.82, 2.24) is 4.98 Å². The van der Waals surface area contributed by atoms with Gasteiger partial charge in [0.15, 0.2) is 0 Å². The number of aromatic nitrogens is 2. The smallest absolute Gasteiger partial charge is 0.258 e. The van der Waals surface area contributed by atoms with Crippen molar-refractivity contribution >= 4 is 33.1 Å². The van der Waals surface area contributed by atoms with Crippen molar-refractivity contribution in [2.75, 3.05) is 11.4 Å². The molecule has 4 rings (SSSR count). The van der Waals surface area contributed by atoms with Crippen molar-refractivity contribution in [3.05, 3.63) is 57.7 Å². The number of para-hydroxylation sites is 1. The maximum atomic E-state index is 11.3. The number of hydrogen-bond acceptors (Lipinski definition) is 5. The number of nitrogens with one attached hydrogen (secondary N) is 1. The maximum absolute atomic E-state index is 11.3. The topological polar surface area (TPSA) is 73.4 Å². The Morgan fingerprint density at radius 1 is 1.30 bits per heavy atom. The predicted molar refractivity (Wildman–Crippen MR) is 88.6 cm³/mol. The second-order valence-electron chi connectivity index (χ2n) is 5.53. The van der Waals surface area contributed by atoms with Crippen molar-refractivity contribution < 1.29 is 9.91 Å². The van der Waals surface area contributed by atoms with Crippen molar-refractivity contribution in [2.24, 2.45) is 0 Å². The number of nitrogens with zero attached hydrogens (tertiary/aromatic N) is 3. The van der Waals surface area contributed by atoms with Crippen LogP contribution in [0.4, 0.5) is 11.5 Å². The van der Waals surface area contributed by atoms with Crippen LogP contribution in [0.2, 0.25) is 0 Å². The second-order valence-corrected chi connectivity index (χ2v) is 6.59. The monoisotopic (exact) mass is 327 g/mol. The molecule has 1 N–H and O–H groups in total. The summed E-state index contributed by atoms with van der Waals surface area (Å²) < 4.78 is 1.15. The van der Waals surface area contributed by atoms with Gasteiger partial charge in [0.05, 0.1) is 27.9 Å². The zero-order valence-electron chi connectivity index (χ0n) is 12.3. The van der Waals surface area contributed by atoms with Crippen LogP contribution in [-0.4, -0.2) is 16.5 Å². The van der Waals surface area contributed by atoms with Crippen molar-refractivity contribution in [3.8, 4) is 0 Å². The van der Waals surface area contributed by atoms with Gasteiger partial charge < -0.3 is 0 Å². The summed E-state index contributed by atoms with van der Waals surface area (Å²) in [5.74, 6) is 0.569. The highest BCUT2D eigenvalue weighted by Gasteiger charge is 2.39. The third-order valence-electron chi connectivity index (χ3n) is 4.15. The van der Waals surface area contributed by atoms with Gasteiger partial charge in [-0.25, -0.2) is 14.9 Å². The van der Waals surface area contributed by atoms with Gasteiger partial charge in [0.2, 0.25) is 0 Å². The van der Waals surface area contributed by atoms with Gasteiger partial charge in [-0.3, -0.25) is 10.1 Å². The van der Waals surface area contributed by atoms with E-state index in [2.05, 4.69) is 16.0 Å². The summed E-state index contributed by atoms with van der Waals surface area (Å²) in [4.78, 5) is 20.8. The molecule has 1 saturated heterocycles. The fourth-order valence-corrected chi connectivity index (χ4v) is 4.24. The number of anilines is 1. The molecule has 0 bridgehead atoms. The molecule has 1 aliphatic rings. The van der Waals surface area contributed by atoms with E-state index < -0.39 is 0 Å². The van der Waals surface area contributed by atoms with Crippen LogP contribution in [0.1, 0.15) is 23.9 Å². The average molecular weight is 327 g/mol. The Morgan fingerprint density at radius 3 is 3.00 bits per heavy atom. The summed E-state index contributed by atoms with van der Waals surface area (Å²) in [7, 11) is 0. The van der Waals surface area contributed by atoms with Crippen molar-refractivity contribution in [1.29, 1.82) is 0 Å². The highest BCUT2D eigenvalue weighted by molar-refractivity contribution is 7.18. The number of thiazole rings is 1. The van der Waals surface area contributed by atoms with Crippen LogP contribution < -0.4 is 9.88 Å². The lowest BCUT2D eigenvalue weighted by Crippen LogP contribution is -2.29. The third kappa shape index (κ3) is 2.43. The summed E-state index contributed by atoms with van der Waals surface area (Å²) in [6.45, 7) is 0.794. The van der Waals surface area contributed by atoms with Crippen molar-refractivity contribution in [2.45, 2.75) is 18.9 Å². The first-order chi connectivity index (χ1) is 11.2. The molecule has 0 aliphatic carbocycles. The molecule has 23 heavy (non-hydrogen) atoms. The minimum atomic E-state index is -0.334. The summed E-state index contributed by atoms with van der Waals surface area (Å²) in [6, 6.07) is 11.3. The van der Waals surface area contributed by atoms with E-state index in [1.165, 1.54) is 0 Å². The molecule has 116 valence electrons. The number of fused-ring (bicyclic) bond motifs is 1. The molecule has 6 nitrogen and oxygen atoms in total. The predicted octanol–water partition coefficient (Wildman–Crippen LogP) is 3.36. The van der Waals surface area contributed by atoms with E-state index in [1.54, 1.807) is 29.7 Å². The van der Waals surface area contributed by atoms with Crippen LogP contribution in [0.5, 0.6) is 0 Å². The van der Waals surface area contributed by atoms with E-state index in [0.717, 1.165) is 34.6 Å². The molecule has 3 heterocycles. The second kappa shape index (κ2) is 5.58. The molecule has 1 atom stereocenters. The first kappa shape index (κ1) is 14.1. The molecule has 2 aromatic heterocycles. The largest absolute Gasteiger partial charge is 0.357 e. The first-order valence-electron chi connectivity index (χ1n) is 7.51. The Bertz CT molecular complexity index is 846. The average Bonchev–Trinajstić information content (AvgIpc) is 3.21. The van der Waals surface area contributed by atoms with E-state index in [4.69, 9.17) is 4.98 Å². The molecular weight excluding hydrogens is 312 g/mol. The Morgan fingerprint density at radius 2 is 2.17 bits per heavy atom. The Labute approximate surface area is 136 Å². The summed E-state index contributed by atoms with van der Waals surface area (Å²) in [5, 5.41) is 12.3. The lowest BCUT2D eigenvalue weighted by molar-refractivity contribution is -0.411. The van der Waals surface area contributed by atoms with Gasteiger partial charge in [-0.05, 0) is 31.0 Å². The summed E-state index contributed by atoms with van der Waals surface area (Å²) >= 11 is 1.67. The number of rotatable bonds is 3. The lowest BCUT2D eigenvalue weighted by Gasteiger charge is -2.16. The molecule has 0 saturated carbocycles. The van der Waals surface area contributed by atoms with E-state index in [1.807, 2.05) is 18.2 Å². The van der Waals surface area contributed by atoms with E-state index in [0.29, 0.717) is 5.82 Å². The molecule has 1 aromatic carbocycles. The third-order valence-corrected chi connectivity index (χ3v) is 5.28. The highest BCUT2D eigenvalue weighted by Crippen LogP contribution is 2.40. The highest BCUT2D eigenvalue weighted by atomic mass is 32.1. The van der Waals surface area contributed by atoms with Gasteiger partial charge in [-0.2, -0.15) is 0 Å². The molecule has 0 radical (unpaired) electrons. The van der Waals surface area contributed by atoms with Crippen LogP contribution in [0.15, 0.2) is 42.6 Å². The summed E-state index contributed by atoms with van der Waals surface area (Å²) in [6.07, 6.45) is 3.69. The fraction of sp³-hybridized carbons (Fsp3) is 0.250. The first-order valence-corrected chi connectivity index (χ1v) is 8.33. The van der Waals surface area contributed by atoms with E-state index in [9.17, 15) is 10.1 Å². The van der Waals surface area contributed by atoms with Gasteiger partial charge in [0.1, 0.15) is 11.0 Å². The van der Waals surface area contributed by atoms with Crippen molar-refractivity contribution in [3.63, 3.8) is 0 Å². The molecule has 0 amide bonds. The van der Waals surface area contributed by atoms with Gasteiger partial charge in [-0.15, -0.1) is 11.3 Å². The zero-order valence-corrected chi connectivity index (χ0v) is 13.1. The molecule has 7 heteroatoms. The van der Waals surface area contributed by atoms with Gasteiger partial charge in [-0.1, -0.05) is 12.1 Å². The zero-order chi connectivity index (χ0) is 15.8. The molecule has 0 spiro atoms. The van der Waals surface area contributed by atoms with E-state index >= 15 is 0 Å². The Kier molecular flexibility index (Phi) is 3.42. The number of H-pyrrole nitrogens is 1. The van der Waals surface area contributed by atoms with Gasteiger partial charge in [0, 0.05) is 6.07 Å². The number of aromatic amines is 1. The standard InChI is InChI=1S/C16H14N4O2S/c21-20(22)12-6-3-9-17-15(12)19-10-4-7-13(19)16-18-11-5-1-2-8-14(11)23-16/h1-3,5-6,8-9,13H,4,7,10H2/p+1/t13-/m0/s1. The lowest BCUT2D eigenvalue weighted by atomic mass is 10.2. The summed E-state index contributed by atoms with van der Waals surface area (Å²) in [5.41, 5.74) is 1.10. The Balaban J connectivity index is 1.76. The number of pyridine rings is 1. The SMILES string of the molecule is O=[N+]([O-])c1ccc[nH+]c1N1CCC[C@H]1c1nc2ccccc2s1. The van der Waals surface area contributed by atoms with Crippen LogP contribution >= 0.6 is 11.3 Å². The number of benzene rings is 1. The minimum absolute atomic E-state index is 0.0877. The van der Waals surface area contributed by atoms with Crippen LogP contribution in [-0.2, 0) is 0 Å². The quantitative estimate of drug-likeness (QED) is 0.546. The Hall–Kier alpha value is -2.54. The molecule has 1 aliphatic heterocycles. The molecule has 1 fully saturated rings. The molecule has 3 aromatic rings. The maximum Gasteiger partial charge on any atom is 0.357 e. The molecule has 0 unspecified atom stereocenters. The number of hydrogen-bond donors (Lipinski definition) is 0. The number of nitro groups is 1. The fourth-order valence-electron chi connectivity index (χ4n) is 3.12. The normalized spacial score (nSPS) is 17.7. The molecular formula is C16H15N4O2S+. The van der Waals surface area contributed by atoms with E-state index in [-0.39, 0.29) is 16.7 Å².